The molecule has 1 aliphatic carbocycles. The van der Waals surface area contributed by atoms with E-state index in [1.54, 1.807) is 0 Å². The van der Waals surface area contributed by atoms with Gasteiger partial charge in [0.2, 0.25) is 0 Å². The smallest absolute Gasteiger partial charge is 0.0869 e. The van der Waals surface area contributed by atoms with Crippen LogP contribution in [0.15, 0.2) is 0 Å². The molecule has 0 aromatic heterocycles. The monoisotopic (exact) mass is 253 g/mol. The van der Waals surface area contributed by atoms with Gasteiger partial charge in [-0.15, -0.1) is 0 Å². The highest BCUT2D eigenvalue weighted by atomic mass is 16.5. The quantitative estimate of drug-likeness (QED) is 0.585. The molecule has 3 unspecified atom stereocenters. The van der Waals surface area contributed by atoms with Gasteiger partial charge in [-0.25, -0.2) is 0 Å². The van der Waals surface area contributed by atoms with E-state index in [1.165, 1.54) is 51.5 Å². The SMILES string of the molecule is NNC(CC1CCCC1)C1CN2CCCC2CO1. The summed E-state index contributed by atoms with van der Waals surface area (Å²) in [4.78, 5) is 2.60. The minimum atomic E-state index is 0.296. The molecule has 0 aromatic rings. The van der Waals surface area contributed by atoms with Gasteiger partial charge in [0.25, 0.3) is 0 Å². The second-order valence-electron chi connectivity index (χ2n) is 6.32. The van der Waals surface area contributed by atoms with Gasteiger partial charge in [0, 0.05) is 18.6 Å². The Hall–Kier alpha value is -0.160. The number of hydrazine groups is 1. The summed E-state index contributed by atoms with van der Waals surface area (Å²) in [7, 11) is 0. The Morgan fingerprint density at radius 3 is 2.83 bits per heavy atom. The molecule has 18 heavy (non-hydrogen) atoms. The largest absolute Gasteiger partial charge is 0.374 e. The Kier molecular flexibility index (Phi) is 4.19. The van der Waals surface area contributed by atoms with Crippen LogP contribution in [0.1, 0.15) is 44.9 Å². The highest BCUT2D eigenvalue weighted by Gasteiger charge is 2.36. The number of fused-ring (bicyclic) bond motifs is 1. The molecular formula is C14H27N3O. The summed E-state index contributed by atoms with van der Waals surface area (Å²) in [5, 5.41) is 0. The molecule has 104 valence electrons. The molecule has 2 saturated heterocycles. The van der Waals surface area contributed by atoms with E-state index in [-0.39, 0.29) is 0 Å². The fourth-order valence-electron chi connectivity index (χ4n) is 4.02. The fourth-order valence-corrected chi connectivity index (χ4v) is 4.02. The van der Waals surface area contributed by atoms with Crippen LogP contribution in [-0.4, -0.2) is 42.8 Å². The zero-order chi connectivity index (χ0) is 12.4. The van der Waals surface area contributed by atoms with Crippen LogP contribution < -0.4 is 11.3 Å². The molecule has 0 aromatic carbocycles. The maximum Gasteiger partial charge on any atom is 0.0869 e. The molecule has 0 bridgehead atoms. The molecule has 3 aliphatic rings. The van der Waals surface area contributed by atoms with Gasteiger partial charge in [-0.3, -0.25) is 16.2 Å². The molecule has 4 nitrogen and oxygen atoms in total. The number of ether oxygens (including phenoxy) is 1. The van der Waals surface area contributed by atoms with E-state index < -0.39 is 0 Å². The summed E-state index contributed by atoms with van der Waals surface area (Å²) in [5.41, 5.74) is 3.03. The van der Waals surface area contributed by atoms with E-state index in [0.717, 1.165) is 19.1 Å². The molecule has 0 radical (unpaired) electrons. The van der Waals surface area contributed by atoms with E-state index >= 15 is 0 Å². The standard InChI is InChI=1S/C14H27N3O/c15-16-13(8-11-4-1-2-5-11)14-9-17-7-3-6-12(17)10-18-14/h11-14,16H,1-10,15H2. The van der Waals surface area contributed by atoms with Gasteiger partial charge in [-0.05, 0) is 31.7 Å². The molecule has 3 fully saturated rings. The van der Waals surface area contributed by atoms with Crippen molar-refractivity contribution in [3.63, 3.8) is 0 Å². The van der Waals surface area contributed by atoms with Crippen molar-refractivity contribution in [3.8, 4) is 0 Å². The fraction of sp³-hybridized carbons (Fsp3) is 1.00. The number of nitrogens with two attached hydrogens (primary N) is 1. The van der Waals surface area contributed by atoms with Crippen LogP contribution in [0.3, 0.4) is 0 Å². The first-order chi connectivity index (χ1) is 8.86. The van der Waals surface area contributed by atoms with Crippen molar-refractivity contribution in [1.29, 1.82) is 0 Å². The average Bonchev–Trinajstić information content (AvgIpc) is 3.06. The summed E-state index contributed by atoms with van der Waals surface area (Å²) in [6.45, 7) is 3.24. The van der Waals surface area contributed by atoms with E-state index in [0.29, 0.717) is 18.2 Å². The highest BCUT2D eigenvalue weighted by Crippen LogP contribution is 2.31. The van der Waals surface area contributed by atoms with Crippen molar-refractivity contribution in [1.82, 2.24) is 10.3 Å². The molecule has 2 aliphatic heterocycles. The third kappa shape index (κ3) is 2.72. The van der Waals surface area contributed by atoms with E-state index in [2.05, 4.69) is 10.3 Å². The van der Waals surface area contributed by atoms with Crippen LogP contribution in [0, 0.1) is 5.92 Å². The van der Waals surface area contributed by atoms with Crippen LogP contribution in [0.5, 0.6) is 0 Å². The Balaban J connectivity index is 1.54. The summed E-state index contributed by atoms with van der Waals surface area (Å²) in [6, 6.07) is 1.03. The van der Waals surface area contributed by atoms with Crippen molar-refractivity contribution < 1.29 is 4.74 Å². The van der Waals surface area contributed by atoms with Gasteiger partial charge in [-0.1, -0.05) is 25.7 Å². The molecule has 0 amide bonds. The molecule has 4 heteroatoms. The highest BCUT2D eigenvalue weighted by molar-refractivity contribution is 4.90. The molecule has 3 N–H and O–H groups in total. The molecule has 1 saturated carbocycles. The lowest BCUT2D eigenvalue weighted by Crippen LogP contribution is -2.56. The van der Waals surface area contributed by atoms with Gasteiger partial charge in [0.15, 0.2) is 0 Å². The molecular weight excluding hydrogens is 226 g/mol. The molecule has 2 heterocycles. The molecule has 0 spiro atoms. The minimum absolute atomic E-state index is 0.296. The maximum absolute atomic E-state index is 6.07. The van der Waals surface area contributed by atoms with Crippen molar-refractivity contribution in [3.05, 3.63) is 0 Å². The van der Waals surface area contributed by atoms with Crippen molar-refractivity contribution in [2.75, 3.05) is 19.7 Å². The predicted molar refractivity (Wildman–Crippen MR) is 72.0 cm³/mol. The zero-order valence-electron chi connectivity index (χ0n) is 11.3. The zero-order valence-corrected chi connectivity index (χ0v) is 11.3. The maximum atomic E-state index is 6.07. The van der Waals surface area contributed by atoms with Gasteiger partial charge in [0.1, 0.15) is 0 Å². The topological polar surface area (TPSA) is 50.5 Å². The predicted octanol–water partition coefficient (Wildman–Crippen LogP) is 1.26. The van der Waals surface area contributed by atoms with Crippen LogP contribution in [-0.2, 0) is 4.74 Å². The third-order valence-corrected chi connectivity index (χ3v) is 5.14. The summed E-state index contributed by atoms with van der Waals surface area (Å²) >= 11 is 0. The van der Waals surface area contributed by atoms with E-state index in [9.17, 15) is 0 Å². The second kappa shape index (κ2) is 5.87. The Bertz CT molecular complexity index is 266. The Morgan fingerprint density at radius 1 is 1.22 bits per heavy atom. The summed E-state index contributed by atoms with van der Waals surface area (Å²) in [6.07, 6.45) is 9.72. The normalized spacial score (nSPS) is 35.8. The lowest BCUT2D eigenvalue weighted by atomic mass is 9.94. The first-order valence-corrected chi connectivity index (χ1v) is 7.68. The van der Waals surface area contributed by atoms with Gasteiger partial charge in [0.05, 0.1) is 12.7 Å². The number of nitrogens with one attached hydrogen (secondary N) is 1. The third-order valence-electron chi connectivity index (χ3n) is 5.14. The van der Waals surface area contributed by atoms with Gasteiger partial charge >= 0.3 is 0 Å². The number of morpholine rings is 1. The van der Waals surface area contributed by atoms with Crippen LogP contribution >= 0.6 is 0 Å². The van der Waals surface area contributed by atoms with Gasteiger partial charge in [-0.2, -0.15) is 0 Å². The first kappa shape index (κ1) is 12.9. The number of nitrogens with zero attached hydrogens (tertiary/aromatic N) is 1. The number of rotatable bonds is 4. The van der Waals surface area contributed by atoms with Crippen LogP contribution in [0.25, 0.3) is 0 Å². The van der Waals surface area contributed by atoms with Crippen molar-refractivity contribution in [2.45, 2.75) is 63.1 Å². The van der Waals surface area contributed by atoms with Crippen LogP contribution in [0.2, 0.25) is 0 Å². The van der Waals surface area contributed by atoms with Crippen molar-refractivity contribution in [2.24, 2.45) is 11.8 Å². The minimum Gasteiger partial charge on any atom is -0.374 e. The first-order valence-electron chi connectivity index (χ1n) is 7.68. The van der Waals surface area contributed by atoms with E-state index in [4.69, 9.17) is 10.6 Å². The molecule has 3 atom stereocenters. The van der Waals surface area contributed by atoms with E-state index in [1.807, 2.05) is 0 Å². The number of hydrogen-bond donors (Lipinski definition) is 2. The summed E-state index contributed by atoms with van der Waals surface area (Å²) in [5.74, 6) is 6.64. The Morgan fingerprint density at radius 2 is 2.06 bits per heavy atom. The second-order valence-corrected chi connectivity index (χ2v) is 6.32. The Labute approximate surface area is 110 Å². The summed E-state index contributed by atoms with van der Waals surface area (Å²) < 4.78 is 6.07. The average molecular weight is 253 g/mol. The lowest BCUT2D eigenvalue weighted by molar-refractivity contribution is -0.0676. The lowest BCUT2D eigenvalue weighted by Gasteiger charge is -2.39. The number of hydrogen-bond acceptors (Lipinski definition) is 4. The molecule has 3 rings (SSSR count). The van der Waals surface area contributed by atoms with Gasteiger partial charge < -0.3 is 4.74 Å². The van der Waals surface area contributed by atoms with Crippen molar-refractivity contribution >= 4 is 0 Å². The van der Waals surface area contributed by atoms with Crippen LogP contribution in [0.4, 0.5) is 0 Å².